The van der Waals surface area contributed by atoms with Gasteiger partial charge >= 0.3 is 0 Å². The van der Waals surface area contributed by atoms with E-state index < -0.39 is 23.7 Å². The zero-order valence-electron chi connectivity index (χ0n) is 17.5. The molecule has 3 aliphatic rings. The molecule has 2 saturated carbocycles. The fourth-order valence-electron chi connectivity index (χ4n) is 5.32. The van der Waals surface area contributed by atoms with Gasteiger partial charge in [0.2, 0.25) is 0 Å². The van der Waals surface area contributed by atoms with Gasteiger partial charge in [0.25, 0.3) is 5.95 Å². The fourth-order valence-corrected chi connectivity index (χ4v) is 5.32. The molecule has 3 aromatic heterocycles. The number of carbonyl (C=O) groups is 1. The summed E-state index contributed by atoms with van der Waals surface area (Å²) in [6.45, 7) is 1.47. The molecule has 0 amide bonds. The fraction of sp³-hybridized carbons (Fsp3) is 0.429. The number of nitrogens with one attached hydrogen (secondary N) is 1. The summed E-state index contributed by atoms with van der Waals surface area (Å²) in [5.74, 6) is 0.538. The molecule has 5 atom stereocenters. The first kappa shape index (κ1) is 19.3. The van der Waals surface area contributed by atoms with E-state index in [2.05, 4.69) is 36.7 Å². The van der Waals surface area contributed by atoms with Gasteiger partial charge in [-0.05, 0) is 31.3 Å². The Bertz CT molecular complexity index is 1320. The first-order chi connectivity index (χ1) is 15.5. The van der Waals surface area contributed by atoms with Crippen LogP contribution in [0.4, 0.5) is 5.82 Å². The van der Waals surface area contributed by atoms with E-state index in [0.717, 1.165) is 17.7 Å². The standard InChI is InChI=1S/C21H22N8O3/c1-10(30)21-7-12(21)15(16(31)17(21)32)28-9-23-14-18(22-2)24-20(25-19(14)28)29-8-13(26-27-29)11-5-3-4-6-11/h3-5,8-9,12,15-17,31-32H,6-7H2,1-2H3,(H,22,24,25)/t12?,15-,16+,17?,21+/m1/s1. The largest absolute Gasteiger partial charge is 0.389 e. The van der Waals surface area contributed by atoms with E-state index in [1.807, 2.05) is 12.2 Å². The molecule has 0 aromatic carbocycles. The van der Waals surface area contributed by atoms with Crippen LogP contribution < -0.4 is 5.32 Å². The molecular formula is C21H22N8O3. The van der Waals surface area contributed by atoms with Gasteiger partial charge in [0, 0.05) is 7.05 Å². The number of Topliss-reactive ketones (excluding diaryl/α,β-unsaturated/α-hetero) is 1. The van der Waals surface area contributed by atoms with Crippen molar-refractivity contribution in [2.75, 3.05) is 12.4 Å². The third-order valence-corrected chi connectivity index (χ3v) is 7.09. The third-order valence-electron chi connectivity index (χ3n) is 7.09. The molecule has 6 rings (SSSR count). The molecule has 2 unspecified atom stereocenters. The van der Waals surface area contributed by atoms with Gasteiger partial charge < -0.3 is 20.1 Å². The third kappa shape index (κ3) is 2.43. The second kappa shape index (κ2) is 6.53. The summed E-state index contributed by atoms with van der Waals surface area (Å²) in [4.78, 5) is 25.9. The van der Waals surface area contributed by atoms with E-state index in [1.165, 1.54) is 11.6 Å². The van der Waals surface area contributed by atoms with Gasteiger partial charge in [-0.1, -0.05) is 23.4 Å². The Balaban J connectivity index is 1.45. The molecule has 0 aliphatic heterocycles. The van der Waals surface area contributed by atoms with Crippen molar-refractivity contribution in [3.05, 3.63) is 36.4 Å². The van der Waals surface area contributed by atoms with E-state index in [4.69, 9.17) is 0 Å². The predicted octanol–water partition coefficient (Wildman–Crippen LogP) is 0.664. The average Bonchev–Trinajstić information content (AvgIpc) is 3.26. The molecule has 164 valence electrons. The number of ketones is 1. The quantitative estimate of drug-likeness (QED) is 0.527. The molecule has 11 nitrogen and oxygen atoms in total. The Hall–Kier alpha value is -3.44. The van der Waals surface area contributed by atoms with E-state index in [-0.39, 0.29) is 11.7 Å². The number of aliphatic hydroxyl groups excluding tert-OH is 2. The van der Waals surface area contributed by atoms with Crippen molar-refractivity contribution in [3.63, 3.8) is 0 Å². The van der Waals surface area contributed by atoms with Crippen LogP contribution in [0.5, 0.6) is 0 Å². The van der Waals surface area contributed by atoms with Crippen molar-refractivity contribution in [1.82, 2.24) is 34.5 Å². The lowest BCUT2D eigenvalue weighted by molar-refractivity contribution is -0.128. The lowest BCUT2D eigenvalue weighted by atomic mass is 9.95. The van der Waals surface area contributed by atoms with Gasteiger partial charge in [-0.3, -0.25) is 4.79 Å². The minimum atomic E-state index is -1.11. The second-order valence-corrected chi connectivity index (χ2v) is 8.65. The number of anilines is 1. The summed E-state index contributed by atoms with van der Waals surface area (Å²) < 4.78 is 3.25. The maximum absolute atomic E-state index is 12.2. The molecule has 3 aromatic rings. The maximum Gasteiger partial charge on any atom is 0.256 e. The highest BCUT2D eigenvalue weighted by Gasteiger charge is 2.74. The minimum absolute atomic E-state index is 0.0990. The number of fused-ring (bicyclic) bond motifs is 2. The SMILES string of the molecule is CNc1nc(-n2cc(C3=CC=CC3)nn2)nc2c1ncn2[C@@H]1C2C[C@@]2(C(C)=O)C(O)[C@H]1O. The van der Waals surface area contributed by atoms with Gasteiger partial charge in [0.05, 0.1) is 30.1 Å². The van der Waals surface area contributed by atoms with Gasteiger partial charge in [0.1, 0.15) is 17.6 Å². The Morgan fingerprint density at radius 2 is 2.16 bits per heavy atom. The molecule has 3 heterocycles. The minimum Gasteiger partial charge on any atom is -0.389 e. The van der Waals surface area contributed by atoms with Crippen molar-refractivity contribution in [2.24, 2.45) is 11.3 Å². The molecule has 0 saturated heterocycles. The molecule has 11 heteroatoms. The van der Waals surface area contributed by atoms with E-state index in [9.17, 15) is 15.0 Å². The molecule has 3 N–H and O–H groups in total. The lowest BCUT2D eigenvalue weighted by Crippen LogP contribution is -2.36. The first-order valence-corrected chi connectivity index (χ1v) is 10.5. The van der Waals surface area contributed by atoms with Gasteiger partial charge in [-0.25, -0.2) is 4.98 Å². The summed E-state index contributed by atoms with van der Waals surface area (Å²) in [5, 5.41) is 32.9. The normalized spacial score (nSPS) is 30.6. The number of nitrogens with zero attached hydrogens (tertiary/aromatic N) is 7. The molecule has 2 fully saturated rings. The zero-order valence-corrected chi connectivity index (χ0v) is 17.5. The van der Waals surface area contributed by atoms with E-state index in [0.29, 0.717) is 29.4 Å². The van der Waals surface area contributed by atoms with Crippen LogP contribution in [-0.2, 0) is 4.79 Å². The Morgan fingerprint density at radius 1 is 1.31 bits per heavy atom. The van der Waals surface area contributed by atoms with Gasteiger partial charge in [-0.15, -0.1) is 5.10 Å². The number of hydrogen-bond donors (Lipinski definition) is 3. The van der Waals surface area contributed by atoms with Crippen molar-refractivity contribution >= 4 is 28.3 Å². The Morgan fingerprint density at radius 3 is 2.84 bits per heavy atom. The number of hydrogen-bond acceptors (Lipinski definition) is 9. The molecular weight excluding hydrogens is 412 g/mol. The molecule has 0 bridgehead atoms. The molecule has 32 heavy (non-hydrogen) atoms. The zero-order chi connectivity index (χ0) is 22.2. The molecule has 0 spiro atoms. The first-order valence-electron chi connectivity index (χ1n) is 10.5. The summed E-state index contributed by atoms with van der Waals surface area (Å²) in [7, 11) is 1.74. The number of aliphatic hydroxyl groups is 2. The number of carbonyl (C=O) groups excluding carboxylic acids is 1. The Labute approximate surface area is 182 Å². The van der Waals surface area contributed by atoms with Crippen LogP contribution in [0.3, 0.4) is 0 Å². The van der Waals surface area contributed by atoms with E-state index in [1.54, 1.807) is 24.1 Å². The number of rotatable bonds is 5. The van der Waals surface area contributed by atoms with Gasteiger partial charge in [0.15, 0.2) is 17.0 Å². The Kier molecular flexibility index (Phi) is 3.93. The smallest absolute Gasteiger partial charge is 0.256 e. The van der Waals surface area contributed by atoms with Crippen molar-refractivity contribution < 1.29 is 15.0 Å². The monoisotopic (exact) mass is 434 g/mol. The van der Waals surface area contributed by atoms with Crippen molar-refractivity contribution in [1.29, 1.82) is 0 Å². The van der Waals surface area contributed by atoms with Crippen LogP contribution in [0.25, 0.3) is 22.7 Å². The predicted molar refractivity (Wildman–Crippen MR) is 114 cm³/mol. The number of imidazole rings is 1. The number of aromatic nitrogens is 7. The summed E-state index contributed by atoms with van der Waals surface area (Å²) >= 11 is 0. The highest BCUT2D eigenvalue weighted by Crippen LogP contribution is 2.68. The highest BCUT2D eigenvalue weighted by atomic mass is 16.3. The van der Waals surface area contributed by atoms with Gasteiger partial charge in [-0.2, -0.15) is 14.6 Å². The lowest BCUT2D eigenvalue weighted by Gasteiger charge is -2.23. The van der Waals surface area contributed by atoms with Crippen LogP contribution in [0.15, 0.2) is 30.8 Å². The average molecular weight is 434 g/mol. The van der Waals surface area contributed by atoms with Crippen LogP contribution in [0, 0.1) is 11.3 Å². The summed E-state index contributed by atoms with van der Waals surface area (Å²) in [6, 6.07) is -0.507. The van der Waals surface area contributed by atoms with Crippen molar-refractivity contribution in [3.8, 4) is 5.95 Å². The van der Waals surface area contributed by atoms with Crippen LogP contribution in [0.2, 0.25) is 0 Å². The summed E-state index contributed by atoms with van der Waals surface area (Å²) in [6.07, 6.45) is 8.53. The number of allylic oxidation sites excluding steroid dienone is 4. The van der Waals surface area contributed by atoms with Crippen LogP contribution >= 0.6 is 0 Å². The summed E-state index contributed by atoms with van der Waals surface area (Å²) in [5.41, 5.74) is 1.94. The second-order valence-electron chi connectivity index (χ2n) is 8.65. The van der Waals surface area contributed by atoms with Crippen LogP contribution in [0.1, 0.15) is 31.5 Å². The topological polar surface area (TPSA) is 144 Å². The maximum atomic E-state index is 12.2. The van der Waals surface area contributed by atoms with Crippen molar-refractivity contribution in [2.45, 2.75) is 38.0 Å². The van der Waals surface area contributed by atoms with Crippen LogP contribution in [-0.4, -0.2) is 69.8 Å². The van der Waals surface area contributed by atoms with E-state index >= 15 is 0 Å². The highest BCUT2D eigenvalue weighted by molar-refractivity contribution is 5.88. The molecule has 0 radical (unpaired) electrons. The molecule has 3 aliphatic carbocycles.